The smallest absolute Gasteiger partial charge is 0.0909 e. The Labute approximate surface area is 105 Å². The average molecular weight is 238 g/mol. The van der Waals surface area contributed by atoms with Crippen molar-refractivity contribution in [3.05, 3.63) is 47.5 Å². The van der Waals surface area contributed by atoms with Crippen LogP contribution in [0, 0.1) is 0 Å². The van der Waals surface area contributed by atoms with E-state index >= 15 is 0 Å². The van der Waals surface area contributed by atoms with Crippen LogP contribution in [0.5, 0.6) is 0 Å². The Hall–Kier alpha value is -2.36. The van der Waals surface area contributed by atoms with Crippen molar-refractivity contribution < 1.29 is 0 Å². The molecule has 2 aromatic rings. The normalized spacial score (nSPS) is 13.3. The Balaban J connectivity index is 2.10. The highest BCUT2D eigenvalue weighted by Crippen LogP contribution is 2.32. The van der Waals surface area contributed by atoms with E-state index in [9.17, 15) is 0 Å². The number of hydrogen-bond donors (Lipinski definition) is 2. The molecule has 18 heavy (non-hydrogen) atoms. The Kier molecular flexibility index (Phi) is 2.48. The van der Waals surface area contributed by atoms with Crippen LogP contribution in [0.3, 0.4) is 0 Å². The molecular weight excluding hydrogens is 224 g/mol. The van der Waals surface area contributed by atoms with Crippen molar-refractivity contribution in [2.75, 3.05) is 11.5 Å². The van der Waals surface area contributed by atoms with E-state index in [-0.39, 0.29) is 0 Å². The molecule has 4 nitrogen and oxygen atoms in total. The van der Waals surface area contributed by atoms with Gasteiger partial charge in [-0.3, -0.25) is 0 Å². The first kappa shape index (κ1) is 10.8. The van der Waals surface area contributed by atoms with E-state index in [4.69, 9.17) is 11.5 Å². The number of nitrogen functional groups attached to an aromatic ring is 2. The van der Waals surface area contributed by atoms with E-state index in [1.54, 1.807) is 0 Å². The monoisotopic (exact) mass is 238 g/mol. The van der Waals surface area contributed by atoms with Crippen LogP contribution < -0.4 is 11.5 Å². The van der Waals surface area contributed by atoms with Crippen molar-refractivity contribution in [3.8, 4) is 0 Å². The first-order chi connectivity index (χ1) is 8.72. The summed E-state index contributed by atoms with van der Waals surface area (Å²) in [6, 6.07) is 11.6. The second-order valence-corrected chi connectivity index (χ2v) is 4.48. The van der Waals surface area contributed by atoms with Gasteiger partial charge in [-0.15, -0.1) is 0 Å². The third-order valence-corrected chi connectivity index (χ3v) is 3.15. The molecule has 1 heterocycles. The molecule has 1 aliphatic heterocycles. The zero-order valence-corrected chi connectivity index (χ0v) is 9.93. The van der Waals surface area contributed by atoms with E-state index < -0.39 is 0 Å². The first-order valence-electron chi connectivity index (χ1n) is 5.91. The molecule has 0 aliphatic carbocycles. The summed E-state index contributed by atoms with van der Waals surface area (Å²) in [5.74, 6) is 0. The molecule has 0 radical (unpaired) electrons. The highest BCUT2D eigenvalue weighted by atomic mass is 15.1. The molecule has 0 unspecified atom stereocenters. The fourth-order valence-electron chi connectivity index (χ4n) is 2.15. The van der Waals surface area contributed by atoms with Gasteiger partial charge in [0.1, 0.15) is 0 Å². The maximum Gasteiger partial charge on any atom is 0.0909 e. The molecule has 0 atom stereocenters. The fourth-order valence-corrected chi connectivity index (χ4v) is 2.15. The van der Waals surface area contributed by atoms with Crippen LogP contribution in [-0.2, 0) is 12.8 Å². The fraction of sp³-hybridized carbons (Fsp3) is 0.143. The summed E-state index contributed by atoms with van der Waals surface area (Å²) in [6.07, 6.45) is 1.87. The van der Waals surface area contributed by atoms with Gasteiger partial charge in [-0.2, -0.15) is 10.2 Å². The minimum atomic E-state index is 0.709. The van der Waals surface area contributed by atoms with Crippen molar-refractivity contribution in [3.63, 3.8) is 0 Å². The Morgan fingerprint density at radius 3 is 1.61 bits per heavy atom. The average Bonchev–Trinajstić information content (AvgIpc) is 2.34. The third-order valence-electron chi connectivity index (χ3n) is 3.15. The van der Waals surface area contributed by atoms with Gasteiger partial charge >= 0.3 is 0 Å². The molecule has 3 rings (SSSR count). The van der Waals surface area contributed by atoms with Crippen LogP contribution in [0.2, 0.25) is 0 Å². The van der Waals surface area contributed by atoms with Crippen LogP contribution in [0.15, 0.2) is 46.6 Å². The van der Waals surface area contributed by atoms with Crippen LogP contribution >= 0.6 is 0 Å². The van der Waals surface area contributed by atoms with Gasteiger partial charge in [-0.1, -0.05) is 12.1 Å². The number of benzene rings is 2. The zero-order valence-electron chi connectivity index (χ0n) is 9.93. The molecule has 0 amide bonds. The molecule has 0 spiro atoms. The molecule has 1 aliphatic rings. The molecule has 90 valence electrons. The molecule has 0 saturated carbocycles. The first-order valence-corrected chi connectivity index (χ1v) is 5.91. The van der Waals surface area contributed by atoms with Gasteiger partial charge in [0.15, 0.2) is 0 Å². The summed E-state index contributed by atoms with van der Waals surface area (Å²) in [7, 11) is 0. The minimum absolute atomic E-state index is 0.709. The van der Waals surface area contributed by atoms with Crippen LogP contribution in [-0.4, -0.2) is 0 Å². The molecule has 2 aromatic carbocycles. The number of anilines is 2. The van der Waals surface area contributed by atoms with Gasteiger partial charge < -0.3 is 11.5 Å². The van der Waals surface area contributed by atoms with E-state index in [0.29, 0.717) is 11.4 Å². The van der Waals surface area contributed by atoms with Crippen molar-refractivity contribution in [1.82, 2.24) is 0 Å². The second kappa shape index (κ2) is 4.14. The molecule has 0 aromatic heterocycles. The predicted octanol–water partition coefficient (Wildman–Crippen LogP) is 3.37. The lowest BCUT2D eigenvalue weighted by Crippen LogP contribution is -1.96. The molecule has 0 bridgehead atoms. The van der Waals surface area contributed by atoms with Crippen LogP contribution in [0.25, 0.3) is 0 Å². The molecule has 0 saturated heterocycles. The van der Waals surface area contributed by atoms with Gasteiger partial charge in [0, 0.05) is 11.4 Å². The third kappa shape index (κ3) is 1.93. The number of fused-ring (bicyclic) bond motifs is 2. The summed E-state index contributed by atoms with van der Waals surface area (Å²) in [5, 5.41) is 8.56. The van der Waals surface area contributed by atoms with E-state index in [1.807, 2.05) is 36.4 Å². The highest BCUT2D eigenvalue weighted by Gasteiger charge is 2.10. The van der Waals surface area contributed by atoms with Gasteiger partial charge in [-0.05, 0) is 48.2 Å². The van der Waals surface area contributed by atoms with Crippen LogP contribution in [0.1, 0.15) is 11.1 Å². The van der Waals surface area contributed by atoms with E-state index in [1.165, 1.54) is 11.1 Å². The van der Waals surface area contributed by atoms with Crippen molar-refractivity contribution in [2.24, 2.45) is 10.2 Å². The quantitative estimate of drug-likeness (QED) is 0.690. The number of aryl methyl sites for hydroxylation is 2. The van der Waals surface area contributed by atoms with Crippen molar-refractivity contribution >= 4 is 22.7 Å². The largest absolute Gasteiger partial charge is 0.399 e. The van der Waals surface area contributed by atoms with E-state index in [0.717, 1.165) is 24.2 Å². The summed E-state index contributed by atoms with van der Waals surface area (Å²) in [5.41, 5.74) is 17.0. The van der Waals surface area contributed by atoms with Gasteiger partial charge in [0.2, 0.25) is 0 Å². The standard InChI is InChI=1S/C14H14N4/c15-11-5-3-9-1-2-10-4-6-12(16)8-14(10)18-17-13(9)7-11/h3-8H,1-2,15-16H2. The lowest BCUT2D eigenvalue weighted by molar-refractivity contribution is 0.936. The number of nitrogens with zero attached hydrogens (tertiary/aromatic N) is 2. The van der Waals surface area contributed by atoms with Gasteiger partial charge in [0.25, 0.3) is 0 Å². The highest BCUT2D eigenvalue weighted by molar-refractivity contribution is 5.60. The summed E-state index contributed by atoms with van der Waals surface area (Å²) in [4.78, 5) is 0. The molecule has 4 heteroatoms. The van der Waals surface area contributed by atoms with E-state index in [2.05, 4.69) is 10.2 Å². The van der Waals surface area contributed by atoms with Crippen molar-refractivity contribution in [1.29, 1.82) is 0 Å². The Bertz CT molecular complexity index is 576. The zero-order chi connectivity index (χ0) is 12.5. The number of rotatable bonds is 0. The number of azo groups is 1. The molecule has 0 fully saturated rings. The second-order valence-electron chi connectivity index (χ2n) is 4.48. The molecular formula is C14H14N4. The van der Waals surface area contributed by atoms with Crippen molar-refractivity contribution in [2.45, 2.75) is 12.8 Å². The summed E-state index contributed by atoms with van der Waals surface area (Å²) < 4.78 is 0. The van der Waals surface area contributed by atoms with Gasteiger partial charge in [0.05, 0.1) is 11.4 Å². The lowest BCUT2D eigenvalue weighted by Gasteiger charge is -2.11. The lowest BCUT2D eigenvalue weighted by atomic mass is 10.0. The number of nitrogens with two attached hydrogens (primary N) is 2. The Morgan fingerprint density at radius 2 is 1.17 bits per heavy atom. The van der Waals surface area contributed by atoms with Gasteiger partial charge in [-0.25, -0.2) is 0 Å². The minimum Gasteiger partial charge on any atom is -0.399 e. The van der Waals surface area contributed by atoms with Crippen LogP contribution in [0.4, 0.5) is 22.7 Å². The number of hydrogen-bond acceptors (Lipinski definition) is 4. The topological polar surface area (TPSA) is 76.8 Å². The predicted molar refractivity (Wildman–Crippen MR) is 73.3 cm³/mol. The maximum atomic E-state index is 5.77. The maximum absolute atomic E-state index is 5.77. The SMILES string of the molecule is Nc1ccc2c(c1)N=Nc1cc(N)ccc1CC2. The summed E-state index contributed by atoms with van der Waals surface area (Å²) in [6.45, 7) is 0. The Morgan fingerprint density at radius 1 is 0.722 bits per heavy atom. The molecule has 4 N–H and O–H groups in total. The summed E-state index contributed by atoms with van der Waals surface area (Å²) >= 11 is 0.